The van der Waals surface area contributed by atoms with Gasteiger partial charge in [0.2, 0.25) is 0 Å². The van der Waals surface area contributed by atoms with E-state index in [2.05, 4.69) is 9.88 Å². The van der Waals surface area contributed by atoms with Crippen LogP contribution in [0.25, 0.3) is 0 Å². The van der Waals surface area contributed by atoms with E-state index in [1.807, 2.05) is 17.0 Å². The molecule has 0 aliphatic carbocycles. The Hall–Kier alpha value is -2.98. The topological polar surface area (TPSA) is 129 Å². The van der Waals surface area contributed by atoms with Crippen LogP contribution in [-0.2, 0) is 19.1 Å². The third-order valence-electron chi connectivity index (χ3n) is 6.07. The standard InChI is InChI=1S/C19H27N3O3.2C2HF3O2/c23-19(15-5-3-7-20-13-15)22-14-17(18-16(22)6-4-11-25-18)24-12-10-21-8-1-2-9-21;2*3-2(4,5)1(6)7/h3,5,7,13,16-18H,1-2,4,6,8-12,14H2;2*(H,6,7)/t16-,17+,18+;;/m1../s1. The largest absolute Gasteiger partial charge is 0.490 e. The van der Waals surface area contributed by atoms with Crippen molar-refractivity contribution in [3.8, 4) is 0 Å². The van der Waals surface area contributed by atoms with Gasteiger partial charge in [0.25, 0.3) is 5.91 Å². The first-order valence-electron chi connectivity index (χ1n) is 12.0. The van der Waals surface area contributed by atoms with E-state index in [0.717, 1.165) is 26.0 Å². The molecule has 0 radical (unpaired) electrons. The first-order valence-corrected chi connectivity index (χ1v) is 12.0. The molecule has 0 spiro atoms. The van der Waals surface area contributed by atoms with Gasteiger partial charge in [-0.1, -0.05) is 0 Å². The minimum absolute atomic E-state index is 0.00736. The molecule has 1 amide bonds. The van der Waals surface area contributed by atoms with E-state index in [4.69, 9.17) is 29.3 Å². The van der Waals surface area contributed by atoms with Gasteiger partial charge in [0.05, 0.1) is 24.8 Å². The number of aliphatic carboxylic acids is 2. The Kier molecular flexibility index (Phi) is 11.9. The second-order valence-corrected chi connectivity index (χ2v) is 8.81. The number of carbonyl (C=O) groups is 3. The minimum Gasteiger partial charge on any atom is -0.475 e. The van der Waals surface area contributed by atoms with Crippen LogP contribution in [0.3, 0.4) is 0 Å². The molecule has 0 bridgehead atoms. The second kappa shape index (κ2) is 14.4. The molecule has 3 aliphatic heterocycles. The smallest absolute Gasteiger partial charge is 0.475 e. The van der Waals surface area contributed by atoms with E-state index in [0.29, 0.717) is 18.7 Å². The highest BCUT2D eigenvalue weighted by atomic mass is 19.4. The van der Waals surface area contributed by atoms with Crippen LogP contribution in [-0.4, -0.2) is 113 Å². The summed E-state index contributed by atoms with van der Waals surface area (Å²) < 4.78 is 75.7. The molecule has 10 nitrogen and oxygen atoms in total. The summed E-state index contributed by atoms with van der Waals surface area (Å²) in [6.45, 7) is 5.44. The number of pyridine rings is 1. The summed E-state index contributed by atoms with van der Waals surface area (Å²) in [6, 6.07) is 3.76. The first-order chi connectivity index (χ1) is 18.2. The SMILES string of the molecule is O=C(O)C(F)(F)F.O=C(O)C(F)(F)F.O=C(c1cccnc1)N1C[C@H](OCCN2CCCC2)[C@H]2OCCC[C@H]21. The number of alkyl halides is 6. The van der Waals surface area contributed by atoms with Crippen molar-refractivity contribution >= 4 is 17.8 Å². The molecule has 1 aromatic heterocycles. The molecule has 0 unspecified atom stereocenters. The molecule has 0 saturated carbocycles. The molecule has 4 rings (SSSR count). The Bertz CT molecular complexity index is 918. The number of carboxylic acids is 2. The van der Waals surface area contributed by atoms with Crippen LogP contribution in [0.5, 0.6) is 0 Å². The van der Waals surface area contributed by atoms with E-state index >= 15 is 0 Å². The van der Waals surface area contributed by atoms with Crippen molar-refractivity contribution in [3.63, 3.8) is 0 Å². The van der Waals surface area contributed by atoms with Gasteiger partial charge in [-0.15, -0.1) is 0 Å². The summed E-state index contributed by atoms with van der Waals surface area (Å²) >= 11 is 0. The normalized spacial score (nSPS) is 23.1. The number of halogens is 6. The monoisotopic (exact) mass is 573 g/mol. The highest BCUT2D eigenvalue weighted by molar-refractivity contribution is 5.94. The van der Waals surface area contributed by atoms with Crippen LogP contribution in [0.15, 0.2) is 24.5 Å². The Morgan fingerprint density at radius 2 is 1.62 bits per heavy atom. The highest BCUT2D eigenvalue weighted by Crippen LogP contribution is 2.31. The summed E-state index contributed by atoms with van der Waals surface area (Å²) in [5.74, 6) is -5.47. The molecule has 4 heterocycles. The van der Waals surface area contributed by atoms with Crippen LogP contribution in [0, 0.1) is 0 Å². The first kappa shape index (κ1) is 32.2. The van der Waals surface area contributed by atoms with Gasteiger partial charge >= 0.3 is 24.3 Å². The lowest BCUT2D eigenvalue weighted by Gasteiger charge is -2.32. The number of nitrogens with zero attached hydrogens (tertiary/aromatic N) is 3. The van der Waals surface area contributed by atoms with E-state index in [-0.39, 0.29) is 24.2 Å². The third kappa shape index (κ3) is 10.3. The van der Waals surface area contributed by atoms with Gasteiger partial charge in [-0.05, 0) is 50.9 Å². The number of hydrogen-bond acceptors (Lipinski definition) is 7. The van der Waals surface area contributed by atoms with Crippen LogP contribution < -0.4 is 0 Å². The molecule has 2 N–H and O–H groups in total. The quantitative estimate of drug-likeness (QED) is 0.511. The zero-order chi connectivity index (χ0) is 29.2. The summed E-state index contributed by atoms with van der Waals surface area (Å²) in [5, 5.41) is 14.2. The molecule has 3 aliphatic rings. The van der Waals surface area contributed by atoms with E-state index in [9.17, 15) is 31.1 Å². The van der Waals surface area contributed by atoms with Crippen molar-refractivity contribution in [1.29, 1.82) is 0 Å². The number of rotatable bonds is 5. The van der Waals surface area contributed by atoms with Crippen molar-refractivity contribution in [2.75, 3.05) is 39.4 Å². The summed E-state index contributed by atoms with van der Waals surface area (Å²) in [7, 11) is 0. The Labute approximate surface area is 219 Å². The fraction of sp³-hybridized carbons (Fsp3) is 0.652. The van der Waals surface area contributed by atoms with Gasteiger partial charge in [0.15, 0.2) is 0 Å². The Morgan fingerprint density at radius 3 is 2.13 bits per heavy atom. The zero-order valence-corrected chi connectivity index (χ0v) is 20.7. The Morgan fingerprint density at radius 1 is 1.03 bits per heavy atom. The predicted octanol–water partition coefficient (Wildman–Crippen LogP) is 2.83. The van der Waals surface area contributed by atoms with Crippen LogP contribution >= 0.6 is 0 Å². The number of carbonyl (C=O) groups excluding carboxylic acids is 1. The molecule has 0 aromatic carbocycles. The number of carboxylic acid groups (broad SMARTS) is 2. The molecule has 16 heteroatoms. The third-order valence-corrected chi connectivity index (χ3v) is 6.07. The van der Waals surface area contributed by atoms with Crippen LogP contribution in [0.1, 0.15) is 36.0 Å². The summed E-state index contributed by atoms with van der Waals surface area (Å²) in [4.78, 5) is 39.2. The van der Waals surface area contributed by atoms with Gasteiger partial charge in [0.1, 0.15) is 12.2 Å². The molecule has 220 valence electrons. The average Bonchev–Trinajstić information content (AvgIpc) is 3.52. The average molecular weight is 573 g/mol. The van der Waals surface area contributed by atoms with Gasteiger partial charge in [-0.3, -0.25) is 9.78 Å². The number of aromatic nitrogens is 1. The maximum atomic E-state index is 12.9. The van der Waals surface area contributed by atoms with Crippen LogP contribution in [0.4, 0.5) is 26.3 Å². The summed E-state index contributed by atoms with van der Waals surface area (Å²) in [6.07, 6.45) is -2.27. The van der Waals surface area contributed by atoms with Gasteiger partial charge in [-0.25, -0.2) is 9.59 Å². The summed E-state index contributed by atoms with van der Waals surface area (Å²) in [5.41, 5.74) is 0.643. The van der Waals surface area contributed by atoms with Crippen molar-refractivity contribution in [2.24, 2.45) is 0 Å². The molecule has 39 heavy (non-hydrogen) atoms. The number of amides is 1. The second-order valence-electron chi connectivity index (χ2n) is 8.81. The zero-order valence-electron chi connectivity index (χ0n) is 20.7. The molecule has 3 fully saturated rings. The lowest BCUT2D eigenvalue weighted by molar-refractivity contribution is -0.193. The number of hydrogen-bond donors (Lipinski definition) is 2. The molecular formula is C23H29F6N3O7. The maximum Gasteiger partial charge on any atom is 0.490 e. The molecule has 1 aromatic rings. The van der Waals surface area contributed by atoms with Gasteiger partial charge in [0, 0.05) is 25.5 Å². The van der Waals surface area contributed by atoms with Crippen molar-refractivity contribution in [1.82, 2.24) is 14.8 Å². The van der Waals surface area contributed by atoms with Gasteiger partial charge in [-0.2, -0.15) is 26.3 Å². The number of likely N-dealkylation sites (tertiary alicyclic amines) is 2. The number of ether oxygens (including phenoxy) is 2. The van der Waals surface area contributed by atoms with E-state index in [1.165, 1.54) is 25.9 Å². The number of fused-ring (bicyclic) bond motifs is 1. The Balaban J connectivity index is 0.000000317. The van der Waals surface area contributed by atoms with E-state index in [1.54, 1.807) is 12.4 Å². The molecular weight excluding hydrogens is 544 g/mol. The minimum atomic E-state index is -5.08. The molecule has 3 atom stereocenters. The fourth-order valence-electron chi connectivity index (χ4n) is 4.28. The van der Waals surface area contributed by atoms with Gasteiger partial charge < -0.3 is 29.5 Å². The van der Waals surface area contributed by atoms with Crippen molar-refractivity contribution in [2.45, 2.75) is 56.3 Å². The van der Waals surface area contributed by atoms with E-state index < -0.39 is 24.3 Å². The lowest BCUT2D eigenvalue weighted by atomic mass is 10.0. The highest BCUT2D eigenvalue weighted by Gasteiger charge is 2.47. The lowest BCUT2D eigenvalue weighted by Crippen LogP contribution is -2.44. The van der Waals surface area contributed by atoms with Crippen molar-refractivity contribution < 1.29 is 60.4 Å². The van der Waals surface area contributed by atoms with Crippen molar-refractivity contribution in [3.05, 3.63) is 30.1 Å². The predicted molar refractivity (Wildman–Crippen MR) is 121 cm³/mol. The maximum absolute atomic E-state index is 12.9. The fourth-order valence-corrected chi connectivity index (χ4v) is 4.28. The van der Waals surface area contributed by atoms with Crippen LogP contribution in [0.2, 0.25) is 0 Å². The molecule has 3 saturated heterocycles.